The summed E-state index contributed by atoms with van der Waals surface area (Å²) in [4.78, 5) is 35.3. The van der Waals surface area contributed by atoms with E-state index in [4.69, 9.17) is 5.11 Å². The fraction of sp³-hybridized carbons (Fsp3) is 0.154. The van der Waals surface area contributed by atoms with E-state index in [-0.39, 0.29) is 17.4 Å². The van der Waals surface area contributed by atoms with E-state index < -0.39 is 5.97 Å². The fourth-order valence-electron chi connectivity index (χ4n) is 1.77. The lowest BCUT2D eigenvalue weighted by atomic mass is 10.2. The third-order valence-corrected chi connectivity index (χ3v) is 2.75. The zero-order chi connectivity index (χ0) is 13.3. The molecule has 0 saturated carbocycles. The van der Waals surface area contributed by atoms with Crippen LogP contribution in [0.15, 0.2) is 35.9 Å². The minimum atomic E-state index is -1.05. The molecule has 0 fully saturated rings. The Morgan fingerprint density at radius 3 is 2.28 bits per heavy atom. The highest BCUT2D eigenvalue weighted by Crippen LogP contribution is 2.24. The van der Waals surface area contributed by atoms with Crippen LogP contribution in [0.25, 0.3) is 0 Å². The number of benzene rings is 1. The minimum Gasteiger partial charge on any atom is -0.478 e. The van der Waals surface area contributed by atoms with Gasteiger partial charge in [0.05, 0.1) is 11.3 Å². The van der Waals surface area contributed by atoms with Crippen molar-refractivity contribution in [2.24, 2.45) is 0 Å². The maximum absolute atomic E-state index is 11.9. The molecule has 0 saturated heterocycles. The Kier molecular flexibility index (Phi) is 2.97. The number of carboxylic acids is 1. The molecule has 2 rings (SSSR count). The first-order chi connectivity index (χ1) is 8.54. The van der Waals surface area contributed by atoms with Gasteiger partial charge >= 0.3 is 5.97 Å². The van der Waals surface area contributed by atoms with E-state index in [2.05, 4.69) is 0 Å². The van der Waals surface area contributed by atoms with Crippen molar-refractivity contribution in [3.05, 3.63) is 41.5 Å². The average molecular weight is 245 g/mol. The highest BCUT2D eigenvalue weighted by Gasteiger charge is 2.30. The van der Waals surface area contributed by atoms with Gasteiger partial charge in [-0.3, -0.25) is 9.59 Å². The molecule has 1 N–H and O–H groups in total. The molecular formula is C13H11NO4. The fourth-order valence-corrected chi connectivity index (χ4v) is 1.77. The molecule has 1 aliphatic heterocycles. The summed E-state index contributed by atoms with van der Waals surface area (Å²) in [5.41, 5.74) is 0.957. The Balaban J connectivity index is 2.31. The quantitative estimate of drug-likeness (QED) is 0.820. The van der Waals surface area contributed by atoms with Crippen LogP contribution in [0.1, 0.15) is 23.7 Å². The molecule has 5 heteroatoms. The predicted molar refractivity (Wildman–Crippen MR) is 64.3 cm³/mol. The number of carbonyl (C=O) groups excluding carboxylic acids is 2. The van der Waals surface area contributed by atoms with Gasteiger partial charge in [0.1, 0.15) is 0 Å². The van der Waals surface area contributed by atoms with Crippen molar-refractivity contribution in [3.63, 3.8) is 0 Å². The number of rotatable bonds is 3. The van der Waals surface area contributed by atoms with E-state index in [1.54, 1.807) is 6.92 Å². The Morgan fingerprint density at radius 1 is 1.22 bits per heavy atom. The number of imide groups is 1. The topological polar surface area (TPSA) is 74.7 Å². The lowest BCUT2D eigenvalue weighted by Gasteiger charge is -2.14. The smallest absolute Gasteiger partial charge is 0.335 e. The normalized spacial score (nSPS) is 14.9. The summed E-state index contributed by atoms with van der Waals surface area (Å²) in [6.45, 7) is 1.80. The van der Waals surface area contributed by atoms with E-state index in [9.17, 15) is 14.4 Å². The van der Waals surface area contributed by atoms with Gasteiger partial charge in [0.25, 0.3) is 11.8 Å². The maximum atomic E-state index is 11.9. The molecule has 0 atom stereocenters. The number of hydrogen-bond donors (Lipinski definition) is 1. The maximum Gasteiger partial charge on any atom is 0.335 e. The van der Waals surface area contributed by atoms with Gasteiger partial charge in [-0.15, -0.1) is 0 Å². The highest BCUT2D eigenvalue weighted by atomic mass is 16.4. The van der Waals surface area contributed by atoms with Gasteiger partial charge in [-0.25, -0.2) is 9.69 Å². The second-order valence-corrected chi connectivity index (χ2v) is 3.85. The molecule has 0 unspecified atom stereocenters. The summed E-state index contributed by atoms with van der Waals surface area (Å²) >= 11 is 0. The molecule has 0 aliphatic carbocycles. The zero-order valence-corrected chi connectivity index (χ0v) is 9.71. The standard InChI is InChI=1S/C13H11NO4/c1-2-8-7-11(15)14(12(8)16)10-5-3-9(4-6-10)13(17)18/h3-7H,2H2,1H3,(H,17,18). The van der Waals surface area contributed by atoms with Crippen molar-refractivity contribution in [1.82, 2.24) is 0 Å². The first-order valence-corrected chi connectivity index (χ1v) is 5.47. The third kappa shape index (κ3) is 1.90. The molecule has 0 aromatic heterocycles. The van der Waals surface area contributed by atoms with Crippen molar-refractivity contribution in [2.45, 2.75) is 13.3 Å². The first-order valence-electron chi connectivity index (χ1n) is 5.47. The molecular weight excluding hydrogens is 234 g/mol. The molecule has 18 heavy (non-hydrogen) atoms. The van der Waals surface area contributed by atoms with Crippen LogP contribution in [0, 0.1) is 0 Å². The number of anilines is 1. The molecule has 1 aromatic carbocycles. The van der Waals surface area contributed by atoms with Crippen LogP contribution in [0.4, 0.5) is 5.69 Å². The van der Waals surface area contributed by atoms with E-state index in [1.165, 1.54) is 30.3 Å². The Bertz CT molecular complexity index is 557. The molecule has 2 amide bonds. The monoisotopic (exact) mass is 245 g/mol. The van der Waals surface area contributed by atoms with Crippen molar-refractivity contribution < 1.29 is 19.5 Å². The SMILES string of the molecule is CCC1=CC(=O)N(c2ccc(C(=O)O)cc2)C1=O. The number of carboxylic acid groups (broad SMARTS) is 1. The number of aromatic carboxylic acids is 1. The lowest BCUT2D eigenvalue weighted by molar-refractivity contribution is -0.120. The van der Waals surface area contributed by atoms with Gasteiger partial charge in [-0.1, -0.05) is 6.92 Å². The van der Waals surface area contributed by atoms with E-state index >= 15 is 0 Å². The van der Waals surface area contributed by atoms with Crippen LogP contribution in [-0.4, -0.2) is 22.9 Å². The van der Waals surface area contributed by atoms with Crippen molar-refractivity contribution >= 4 is 23.5 Å². The summed E-state index contributed by atoms with van der Waals surface area (Å²) in [6.07, 6.45) is 1.81. The van der Waals surface area contributed by atoms with E-state index in [0.717, 1.165) is 4.90 Å². The summed E-state index contributed by atoms with van der Waals surface area (Å²) in [5.74, 6) is -1.78. The predicted octanol–water partition coefficient (Wildman–Crippen LogP) is 1.59. The van der Waals surface area contributed by atoms with Crippen molar-refractivity contribution in [2.75, 3.05) is 4.90 Å². The molecule has 1 aromatic rings. The van der Waals surface area contributed by atoms with Gasteiger partial charge in [0.2, 0.25) is 0 Å². The van der Waals surface area contributed by atoms with Crippen molar-refractivity contribution in [1.29, 1.82) is 0 Å². The highest BCUT2D eigenvalue weighted by molar-refractivity contribution is 6.30. The molecule has 0 spiro atoms. The second-order valence-electron chi connectivity index (χ2n) is 3.85. The van der Waals surface area contributed by atoms with Crippen LogP contribution < -0.4 is 4.90 Å². The first kappa shape index (κ1) is 12.0. The zero-order valence-electron chi connectivity index (χ0n) is 9.71. The third-order valence-electron chi connectivity index (χ3n) is 2.75. The number of amides is 2. The number of carbonyl (C=O) groups is 3. The molecule has 0 radical (unpaired) electrons. The minimum absolute atomic E-state index is 0.113. The van der Waals surface area contributed by atoms with Gasteiger partial charge in [-0.2, -0.15) is 0 Å². The van der Waals surface area contributed by atoms with Gasteiger partial charge in [-0.05, 0) is 30.7 Å². The Morgan fingerprint density at radius 2 is 1.83 bits per heavy atom. The Labute approximate surface area is 103 Å². The number of hydrogen-bond acceptors (Lipinski definition) is 3. The van der Waals surface area contributed by atoms with E-state index in [0.29, 0.717) is 17.7 Å². The van der Waals surface area contributed by atoms with Crippen LogP contribution in [-0.2, 0) is 9.59 Å². The van der Waals surface area contributed by atoms with Crippen LogP contribution in [0.5, 0.6) is 0 Å². The second kappa shape index (κ2) is 4.44. The van der Waals surface area contributed by atoms with Gasteiger partial charge < -0.3 is 5.11 Å². The summed E-state index contributed by atoms with van der Waals surface area (Å²) in [5, 5.41) is 8.77. The van der Waals surface area contributed by atoms with Crippen molar-refractivity contribution in [3.8, 4) is 0 Å². The van der Waals surface area contributed by atoms with Gasteiger partial charge in [0.15, 0.2) is 0 Å². The van der Waals surface area contributed by atoms with E-state index in [1.807, 2.05) is 0 Å². The lowest BCUT2D eigenvalue weighted by Crippen LogP contribution is -2.30. The Hall–Kier alpha value is -2.43. The molecule has 1 heterocycles. The summed E-state index contributed by atoms with van der Waals surface area (Å²) in [7, 11) is 0. The van der Waals surface area contributed by atoms with Gasteiger partial charge in [0, 0.05) is 11.6 Å². The molecule has 1 aliphatic rings. The van der Waals surface area contributed by atoms with Crippen LogP contribution in [0.3, 0.4) is 0 Å². The summed E-state index contributed by atoms with van der Waals surface area (Å²) < 4.78 is 0. The molecule has 0 bridgehead atoms. The largest absolute Gasteiger partial charge is 0.478 e. The molecule has 92 valence electrons. The average Bonchev–Trinajstić information content (AvgIpc) is 2.64. The van der Waals surface area contributed by atoms with Crippen LogP contribution >= 0.6 is 0 Å². The summed E-state index contributed by atoms with van der Waals surface area (Å²) in [6, 6.07) is 5.63. The van der Waals surface area contributed by atoms with Crippen LogP contribution in [0.2, 0.25) is 0 Å². The number of nitrogens with zero attached hydrogens (tertiary/aromatic N) is 1. The molecule has 5 nitrogen and oxygen atoms in total.